The number of carbonyl (C=O) groups is 1. The Morgan fingerprint density at radius 2 is 2.50 bits per heavy atom. The van der Waals surface area contributed by atoms with E-state index in [0.29, 0.717) is 10.7 Å². The first-order chi connectivity index (χ1) is 6.77. The van der Waals surface area contributed by atoms with Crippen LogP contribution < -0.4 is 5.32 Å². The van der Waals surface area contributed by atoms with Crippen molar-refractivity contribution in [1.29, 1.82) is 0 Å². The molecule has 6 heteroatoms. The molecule has 0 fully saturated rings. The Morgan fingerprint density at radius 1 is 1.64 bits per heavy atom. The van der Waals surface area contributed by atoms with Gasteiger partial charge in [-0.1, -0.05) is 0 Å². The van der Waals surface area contributed by atoms with Gasteiger partial charge in [-0.3, -0.25) is 10.1 Å². The summed E-state index contributed by atoms with van der Waals surface area (Å²) in [6, 6.07) is 1.51. The number of nitrogens with one attached hydrogen (secondary N) is 1. The van der Waals surface area contributed by atoms with Gasteiger partial charge in [-0.2, -0.15) is 0 Å². The first-order valence-electron chi connectivity index (χ1n) is 3.71. The molecule has 0 aliphatic carbocycles. The summed E-state index contributed by atoms with van der Waals surface area (Å²) in [5.74, 6) is -0.321. The predicted octanol–water partition coefficient (Wildman–Crippen LogP) is 2.64. The van der Waals surface area contributed by atoms with E-state index in [0.717, 1.165) is 0 Å². The number of hydrogen-bond acceptors (Lipinski definition) is 4. The van der Waals surface area contributed by atoms with Gasteiger partial charge in [-0.15, -0.1) is 11.3 Å². The van der Waals surface area contributed by atoms with Crippen molar-refractivity contribution < 1.29 is 9.21 Å². The molecule has 0 aliphatic heterocycles. The molecular weight excluding hydrogens is 224 g/mol. The van der Waals surface area contributed by atoms with E-state index in [4.69, 9.17) is 16.0 Å². The minimum atomic E-state index is -0.321. The Balaban J connectivity index is 2.14. The van der Waals surface area contributed by atoms with Gasteiger partial charge >= 0.3 is 0 Å². The number of aromatic nitrogens is 1. The molecule has 2 rings (SSSR count). The first kappa shape index (κ1) is 9.23. The first-order valence-corrected chi connectivity index (χ1v) is 4.97. The number of nitrogens with zero attached hydrogens (tertiary/aromatic N) is 1. The van der Waals surface area contributed by atoms with Gasteiger partial charge in [0.25, 0.3) is 5.91 Å². The number of amides is 1. The maximum absolute atomic E-state index is 11.5. The standard InChI is InChI=1S/C8H5ClN2O2S/c9-6-5(1-3-13-6)7(12)11-8-10-2-4-14-8/h1-4H,(H,10,11,12). The zero-order valence-corrected chi connectivity index (χ0v) is 8.43. The van der Waals surface area contributed by atoms with Crippen LogP contribution in [0.15, 0.2) is 28.3 Å². The Bertz CT molecular complexity index is 438. The second-order valence-electron chi connectivity index (χ2n) is 2.40. The Hall–Kier alpha value is -1.33. The van der Waals surface area contributed by atoms with Gasteiger partial charge in [-0.25, -0.2) is 4.98 Å². The fourth-order valence-corrected chi connectivity index (χ4v) is 1.63. The second-order valence-corrected chi connectivity index (χ2v) is 3.64. The minimum absolute atomic E-state index is 0.0825. The largest absolute Gasteiger partial charge is 0.452 e. The number of carbonyl (C=O) groups excluding carboxylic acids is 1. The van der Waals surface area contributed by atoms with Gasteiger partial charge < -0.3 is 4.42 Å². The van der Waals surface area contributed by atoms with Crippen molar-refractivity contribution in [1.82, 2.24) is 4.98 Å². The molecule has 2 aromatic rings. The van der Waals surface area contributed by atoms with Crippen LogP contribution in [0, 0.1) is 0 Å². The molecule has 0 unspecified atom stereocenters. The summed E-state index contributed by atoms with van der Waals surface area (Å²) in [5.41, 5.74) is 0.307. The fraction of sp³-hybridized carbons (Fsp3) is 0. The van der Waals surface area contributed by atoms with Crippen LogP contribution in [0.5, 0.6) is 0 Å². The molecule has 2 heterocycles. The average Bonchev–Trinajstić information content (AvgIpc) is 2.75. The molecule has 72 valence electrons. The molecule has 1 amide bonds. The lowest BCUT2D eigenvalue weighted by molar-refractivity contribution is 0.102. The lowest BCUT2D eigenvalue weighted by Crippen LogP contribution is -2.10. The molecule has 4 nitrogen and oxygen atoms in total. The van der Waals surface area contributed by atoms with E-state index in [1.807, 2.05) is 0 Å². The van der Waals surface area contributed by atoms with Crippen LogP contribution in [0.2, 0.25) is 5.22 Å². The van der Waals surface area contributed by atoms with Crippen LogP contribution in [-0.2, 0) is 0 Å². The quantitative estimate of drug-likeness (QED) is 0.860. The van der Waals surface area contributed by atoms with E-state index in [2.05, 4.69) is 10.3 Å². The molecular formula is C8H5ClN2O2S. The number of anilines is 1. The number of halogens is 1. The Labute approximate surface area is 88.5 Å². The molecule has 1 N–H and O–H groups in total. The monoisotopic (exact) mass is 228 g/mol. The van der Waals surface area contributed by atoms with Crippen molar-refractivity contribution in [3.8, 4) is 0 Å². The third-order valence-electron chi connectivity index (χ3n) is 1.52. The third-order valence-corrected chi connectivity index (χ3v) is 2.50. The molecule has 0 saturated heterocycles. The number of furan rings is 1. The van der Waals surface area contributed by atoms with Gasteiger partial charge in [0.1, 0.15) is 0 Å². The summed E-state index contributed by atoms with van der Waals surface area (Å²) in [6.45, 7) is 0. The van der Waals surface area contributed by atoms with Crippen molar-refractivity contribution in [3.05, 3.63) is 34.7 Å². The normalized spacial score (nSPS) is 10.1. The molecule has 14 heavy (non-hydrogen) atoms. The zero-order chi connectivity index (χ0) is 9.97. The van der Waals surface area contributed by atoms with Crippen LogP contribution in [0.4, 0.5) is 5.13 Å². The van der Waals surface area contributed by atoms with Crippen molar-refractivity contribution in [2.45, 2.75) is 0 Å². The lowest BCUT2D eigenvalue weighted by Gasteiger charge is -1.97. The molecule has 0 saturated carbocycles. The van der Waals surface area contributed by atoms with E-state index in [1.54, 1.807) is 11.6 Å². The van der Waals surface area contributed by atoms with E-state index in [9.17, 15) is 4.79 Å². The third kappa shape index (κ3) is 1.78. The van der Waals surface area contributed by atoms with Crippen molar-refractivity contribution in [3.63, 3.8) is 0 Å². The van der Waals surface area contributed by atoms with Crippen LogP contribution in [0.3, 0.4) is 0 Å². The molecule has 0 bridgehead atoms. The Kier molecular flexibility index (Phi) is 2.51. The minimum Gasteiger partial charge on any atom is -0.452 e. The molecule has 0 atom stereocenters. The van der Waals surface area contributed by atoms with Crippen molar-refractivity contribution >= 4 is 34.0 Å². The van der Waals surface area contributed by atoms with E-state index >= 15 is 0 Å². The highest BCUT2D eigenvalue weighted by Crippen LogP contribution is 2.19. The van der Waals surface area contributed by atoms with Crippen molar-refractivity contribution in [2.75, 3.05) is 5.32 Å². The van der Waals surface area contributed by atoms with Crippen molar-refractivity contribution in [2.24, 2.45) is 0 Å². The molecule has 0 aromatic carbocycles. The van der Waals surface area contributed by atoms with Crippen LogP contribution >= 0.6 is 22.9 Å². The van der Waals surface area contributed by atoms with Gasteiger partial charge in [0.15, 0.2) is 5.13 Å². The van der Waals surface area contributed by atoms with E-state index in [-0.39, 0.29) is 11.1 Å². The highest BCUT2D eigenvalue weighted by Gasteiger charge is 2.13. The Morgan fingerprint density at radius 3 is 3.07 bits per heavy atom. The SMILES string of the molecule is O=C(Nc1nccs1)c1ccoc1Cl. The average molecular weight is 229 g/mol. The smallest absolute Gasteiger partial charge is 0.262 e. The maximum Gasteiger partial charge on any atom is 0.262 e. The molecule has 2 aromatic heterocycles. The summed E-state index contributed by atoms with van der Waals surface area (Å²) in [5, 5.41) is 4.98. The van der Waals surface area contributed by atoms with Gasteiger partial charge in [0.05, 0.1) is 11.8 Å². The number of thiazole rings is 1. The lowest BCUT2D eigenvalue weighted by atomic mass is 10.3. The number of rotatable bonds is 2. The number of hydrogen-bond donors (Lipinski definition) is 1. The molecule has 0 spiro atoms. The van der Waals surface area contributed by atoms with E-state index in [1.165, 1.54) is 23.7 Å². The van der Waals surface area contributed by atoms with Crippen LogP contribution in [-0.4, -0.2) is 10.9 Å². The maximum atomic E-state index is 11.5. The molecule has 0 aliphatic rings. The summed E-state index contributed by atoms with van der Waals surface area (Å²) >= 11 is 6.97. The second kappa shape index (κ2) is 3.81. The van der Waals surface area contributed by atoms with Gasteiger partial charge in [0, 0.05) is 11.6 Å². The summed E-state index contributed by atoms with van der Waals surface area (Å²) in [7, 11) is 0. The summed E-state index contributed by atoms with van der Waals surface area (Å²) < 4.78 is 4.79. The summed E-state index contributed by atoms with van der Waals surface area (Å²) in [6.07, 6.45) is 2.97. The summed E-state index contributed by atoms with van der Waals surface area (Å²) in [4.78, 5) is 15.4. The highest BCUT2D eigenvalue weighted by molar-refractivity contribution is 7.13. The predicted molar refractivity (Wildman–Crippen MR) is 53.8 cm³/mol. The van der Waals surface area contributed by atoms with Gasteiger partial charge in [0.2, 0.25) is 5.22 Å². The molecule has 0 radical (unpaired) electrons. The zero-order valence-electron chi connectivity index (χ0n) is 6.86. The topological polar surface area (TPSA) is 55.1 Å². The van der Waals surface area contributed by atoms with E-state index < -0.39 is 0 Å². The van der Waals surface area contributed by atoms with Crippen LogP contribution in [0.25, 0.3) is 0 Å². The van der Waals surface area contributed by atoms with Crippen LogP contribution in [0.1, 0.15) is 10.4 Å². The van der Waals surface area contributed by atoms with Gasteiger partial charge in [-0.05, 0) is 17.7 Å². The highest BCUT2D eigenvalue weighted by atomic mass is 35.5. The fourth-order valence-electron chi connectivity index (χ4n) is 0.905.